The number of hydrogen-bond donors (Lipinski definition) is 0. The summed E-state index contributed by atoms with van der Waals surface area (Å²) in [5.74, 6) is 1.35. The number of likely N-dealkylation sites (tertiary alicyclic amines) is 1. The maximum atomic E-state index is 13.1. The summed E-state index contributed by atoms with van der Waals surface area (Å²) >= 11 is 1.60. The Labute approximate surface area is 235 Å². The first-order chi connectivity index (χ1) is 19.1. The van der Waals surface area contributed by atoms with Crippen LogP contribution < -0.4 is 0 Å². The largest absolute Gasteiger partial charge is 0.339 e. The average molecular weight is 539 g/mol. The highest BCUT2D eigenvalue weighted by molar-refractivity contribution is 7.08. The molecule has 0 aliphatic carbocycles. The second-order valence-corrected chi connectivity index (χ2v) is 12.7. The fourth-order valence-corrected chi connectivity index (χ4v) is 8.60. The van der Waals surface area contributed by atoms with Crippen molar-refractivity contribution in [3.05, 3.63) is 88.4 Å². The van der Waals surface area contributed by atoms with E-state index in [1.54, 1.807) is 11.3 Å². The molecule has 39 heavy (non-hydrogen) atoms. The Morgan fingerprint density at radius 1 is 0.949 bits per heavy atom. The standard InChI is InChI=1S/C33H38N4OS/c1-24-34-30-9-5-6-10-31(30)37(24)29-21-27-11-12-28(22-29)36(27)19-16-33(26-7-3-2-4-8-26)14-17-35(18-15-33)32(38)25-13-20-39-23-25/h2-10,13,20,23,27-29H,11-12,14-19,21-22H2,1H3/t27-,28+,29+. The molecule has 3 aliphatic rings. The Hall–Kier alpha value is -2.96. The molecule has 0 radical (unpaired) electrons. The molecule has 4 aromatic rings. The van der Waals surface area contributed by atoms with Crippen LogP contribution in [0.15, 0.2) is 71.4 Å². The molecule has 0 spiro atoms. The van der Waals surface area contributed by atoms with Gasteiger partial charge in [0.05, 0.1) is 16.6 Å². The monoisotopic (exact) mass is 538 g/mol. The zero-order chi connectivity index (χ0) is 26.4. The Morgan fingerprint density at radius 3 is 2.38 bits per heavy atom. The molecule has 3 atom stereocenters. The third-order valence-electron chi connectivity index (χ3n) is 10.0. The van der Waals surface area contributed by atoms with E-state index in [0.717, 1.165) is 49.4 Å². The Kier molecular flexibility index (Phi) is 6.56. The molecule has 202 valence electrons. The van der Waals surface area contributed by atoms with Crippen LogP contribution in [0.1, 0.15) is 72.7 Å². The van der Waals surface area contributed by atoms with Crippen molar-refractivity contribution in [2.75, 3.05) is 19.6 Å². The lowest BCUT2D eigenvalue weighted by Gasteiger charge is -2.45. The van der Waals surface area contributed by atoms with E-state index in [1.165, 1.54) is 43.2 Å². The van der Waals surface area contributed by atoms with Crippen LogP contribution in [0.3, 0.4) is 0 Å². The topological polar surface area (TPSA) is 41.4 Å². The summed E-state index contributed by atoms with van der Waals surface area (Å²) in [5, 5.41) is 3.98. The number of aryl methyl sites for hydroxylation is 1. The Bertz CT molecular complexity index is 1420. The van der Waals surface area contributed by atoms with E-state index in [1.807, 2.05) is 16.8 Å². The fraction of sp³-hybridized carbons (Fsp3) is 0.455. The third-order valence-corrected chi connectivity index (χ3v) is 10.7. The zero-order valence-corrected chi connectivity index (χ0v) is 23.7. The Balaban J connectivity index is 1.07. The number of benzene rings is 2. The van der Waals surface area contributed by atoms with Crippen molar-refractivity contribution >= 4 is 28.3 Å². The van der Waals surface area contributed by atoms with Gasteiger partial charge in [-0.15, -0.1) is 0 Å². The molecular weight excluding hydrogens is 500 g/mol. The predicted octanol–water partition coefficient (Wildman–Crippen LogP) is 6.84. The number of fused-ring (bicyclic) bond motifs is 3. The van der Waals surface area contributed by atoms with Gasteiger partial charge in [0.15, 0.2) is 0 Å². The van der Waals surface area contributed by atoms with E-state index >= 15 is 0 Å². The van der Waals surface area contributed by atoms with Gasteiger partial charge in [-0.1, -0.05) is 42.5 Å². The average Bonchev–Trinajstić information content (AvgIpc) is 3.68. The smallest absolute Gasteiger partial charge is 0.254 e. The molecule has 5 heterocycles. The maximum absolute atomic E-state index is 13.1. The van der Waals surface area contributed by atoms with Crippen molar-refractivity contribution in [3.63, 3.8) is 0 Å². The van der Waals surface area contributed by atoms with Gasteiger partial charge in [0.25, 0.3) is 5.91 Å². The molecule has 2 bridgehead atoms. The molecule has 0 unspecified atom stereocenters. The van der Waals surface area contributed by atoms with Crippen molar-refractivity contribution in [2.24, 2.45) is 0 Å². The van der Waals surface area contributed by atoms with Crippen LogP contribution >= 0.6 is 11.3 Å². The highest BCUT2D eigenvalue weighted by atomic mass is 32.1. The summed E-state index contributed by atoms with van der Waals surface area (Å²) in [6.07, 6.45) is 8.32. The Morgan fingerprint density at radius 2 is 1.67 bits per heavy atom. The van der Waals surface area contributed by atoms with Crippen LogP contribution in [0, 0.1) is 6.92 Å². The number of para-hydroxylation sites is 2. The van der Waals surface area contributed by atoms with E-state index in [0.29, 0.717) is 18.1 Å². The van der Waals surface area contributed by atoms with E-state index < -0.39 is 0 Å². The number of imidazole rings is 1. The SMILES string of the molecule is Cc1nc2ccccc2n1[C@H]1C[C@H]2CC[C@@H](C1)N2CCC1(c2ccccc2)CCN(C(=O)c2ccsc2)CC1. The number of amides is 1. The molecule has 0 saturated carbocycles. The van der Waals surface area contributed by atoms with Crippen molar-refractivity contribution in [1.29, 1.82) is 0 Å². The molecule has 1 amide bonds. The normalized spacial score (nSPS) is 24.8. The van der Waals surface area contributed by atoms with Crippen LogP contribution in [0.2, 0.25) is 0 Å². The lowest BCUT2D eigenvalue weighted by Crippen LogP contribution is -2.49. The highest BCUT2D eigenvalue weighted by Gasteiger charge is 2.44. The molecule has 3 saturated heterocycles. The third kappa shape index (κ3) is 4.52. The second kappa shape index (κ2) is 10.2. The van der Waals surface area contributed by atoms with Crippen molar-refractivity contribution < 1.29 is 4.79 Å². The number of piperidine rings is 2. The van der Waals surface area contributed by atoms with Gasteiger partial charge in [-0.05, 0) is 93.0 Å². The minimum Gasteiger partial charge on any atom is -0.339 e. The fourth-order valence-electron chi connectivity index (χ4n) is 7.97. The minimum absolute atomic E-state index is 0.139. The summed E-state index contributed by atoms with van der Waals surface area (Å²) in [5.41, 5.74) is 4.85. The van der Waals surface area contributed by atoms with Crippen molar-refractivity contribution in [2.45, 2.75) is 75.4 Å². The van der Waals surface area contributed by atoms with Gasteiger partial charge >= 0.3 is 0 Å². The zero-order valence-electron chi connectivity index (χ0n) is 22.8. The van der Waals surface area contributed by atoms with Crippen molar-refractivity contribution in [1.82, 2.24) is 19.4 Å². The number of nitrogens with zero attached hydrogens (tertiary/aromatic N) is 4. The van der Waals surface area contributed by atoms with Gasteiger partial charge in [-0.3, -0.25) is 9.69 Å². The van der Waals surface area contributed by atoms with Crippen molar-refractivity contribution in [3.8, 4) is 0 Å². The first-order valence-electron chi connectivity index (χ1n) is 14.7. The van der Waals surface area contributed by atoms with Crippen LogP contribution in [0.4, 0.5) is 0 Å². The van der Waals surface area contributed by atoms with Gasteiger partial charge < -0.3 is 9.47 Å². The van der Waals surface area contributed by atoms with Gasteiger partial charge in [0.1, 0.15) is 5.82 Å². The lowest BCUT2D eigenvalue weighted by molar-refractivity contribution is 0.0607. The van der Waals surface area contributed by atoms with E-state index in [9.17, 15) is 4.79 Å². The molecule has 7 rings (SSSR count). The maximum Gasteiger partial charge on any atom is 0.254 e. The molecule has 2 aromatic heterocycles. The van der Waals surface area contributed by atoms with E-state index in [-0.39, 0.29) is 11.3 Å². The first kappa shape index (κ1) is 25.0. The lowest BCUT2D eigenvalue weighted by atomic mass is 9.70. The number of thiophene rings is 1. The number of carbonyl (C=O) groups is 1. The van der Waals surface area contributed by atoms with E-state index in [4.69, 9.17) is 4.98 Å². The molecule has 2 aromatic carbocycles. The molecule has 3 fully saturated rings. The molecule has 6 heteroatoms. The van der Waals surface area contributed by atoms with Crippen LogP contribution in [-0.2, 0) is 5.41 Å². The highest BCUT2D eigenvalue weighted by Crippen LogP contribution is 2.45. The van der Waals surface area contributed by atoms with Gasteiger partial charge in [0.2, 0.25) is 0 Å². The minimum atomic E-state index is 0.139. The van der Waals surface area contributed by atoms with Gasteiger partial charge in [-0.25, -0.2) is 4.98 Å². The van der Waals surface area contributed by atoms with E-state index in [2.05, 4.69) is 75.9 Å². The number of carbonyl (C=O) groups excluding carboxylic acids is 1. The summed E-state index contributed by atoms with van der Waals surface area (Å²) in [4.78, 5) is 22.9. The number of aromatic nitrogens is 2. The summed E-state index contributed by atoms with van der Waals surface area (Å²) in [6.45, 7) is 5.00. The molecule has 5 nitrogen and oxygen atoms in total. The van der Waals surface area contributed by atoms with Gasteiger partial charge in [0, 0.05) is 36.6 Å². The summed E-state index contributed by atoms with van der Waals surface area (Å²) < 4.78 is 2.53. The molecule has 0 N–H and O–H groups in total. The van der Waals surface area contributed by atoms with Gasteiger partial charge in [-0.2, -0.15) is 11.3 Å². The summed E-state index contributed by atoms with van der Waals surface area (Å²) in [6, 6.07) is 23.6. The van der Waals surface area contributed by atoms with Crippen LogP contribution in [0.5, 0.6) is 0 Å². The van der Waals surface area contributed by atoms with Crippen LogP contribution in [0.25, 0.3) is 11.0 Å². The quantitative estimate of drug-likeness (QED) is 0.270. The number of hydrogen-bond acceptors (Lipinski definition) is 4. The number of rotatable bonds is 6. The predicted molar refractivity (Wildman–Crippen MR) is 158 cm³/mol. The second-order valence-electron chi connectivity index (χ2n) is 12.0. The first-order valence-corrected chi connectivity index (χ1v) is 15.6. The summed E-state index contributed by atoms with van der Waals surface area (Å²) in [7, 11) is 0. The molecule has 3 aliphatic heterocycles. The van der Waals surface area contributed by atoms with Crippen LogP contribution in [-0.4, -0.2) is 57.0 Å². The molecular formula is C33H38N4OS.